The van der Waals surface area contributed by atoms with E-state index in [-0.39, 0.29) is 11.9 Å². The molecule has 0 aliphatic rings. The molecule has 6 heteroatoms. The molecule has 0 saturated carbocycles. The van der Waals surface area contributed by atoms with Gasteiger partial charge in [0.05, 0.1) is 27.4 Å². The first-order valence-corrected chi connectivity index (χ1v) is 8.07. The van der Waals surface area contributed by atoms with Crippen LogP contribution in [-0.4, -0.2) is 52.8 Å². The summed E-state index contributed by atoms with van der Waals surface area (Å²) < 4.78 is 16.2. The lowest BCUT2D eigenvalue weighted by atomic mass is 10.0. The van der Waals surface area contributed by atoms with E-state index in [0.29, 0.717) is 36.1 Å². The maximum Gasteiger partial charge on any atom is 0.220 e. The molecule has 0 aliphatic carbocycles. The molecule has 1 aromatic carbocycles. The average molecular weight is 338 g/mol. The Morgan fingerprint density at radius 2 is 1.62 bits per heavy atom. The van der Waals surface area contributed by atoms with Gasteiger partial charge in [0.2, 0.25) is 11.7 Å². The number of likely N-dealkylation sites (N-methyl/N-ethyl adjacent to an activating group) is 1. The third kappa shape index (κ3) is 5.30. The monoisotopic (exact) mass is 338 g/mol. The van der Waals surface area contributed by atoms with E-state index in [1.54, 1.807) is 21.3 Å². The number of amides is 1. The summed E-state index contributed by atoms with van der Waals surface area (Å²) >= 11 is 0. The van der Waals surface area contributed by atoms with Crippen LogP contribution in [0.1, 0.15) is 31.9 Å². The minimum Gasteiger partial charge on any atom is -0.493 e. The van der Waals surface area contributed by atoms with E-state index in [2.05, 4.69) is 10.2 Å². The van der Waals surface area contributed by atoms with E-state index in [1.165, 1.54) is 0 Å². The molecular formula is C18H30N2O4. The van der Waals surface area contributed by atoms with Crippen molar-refractivity contribution in [1.82, 2.24) is 10.2 Å². The topological polar surface area (TPSA) is 60.0 Å². The first-order chi connectivity index (χ1) is 11.3. The maximum atomic E-state index is 12.0. The number of nitrogens with zero attached hydrogens (tertiary/aromatic N) is 1. The molecule has 136 valence electrons. The summed E-state index contributed by atoms with van der Waals surface area (Å²) in [5, 5.41) is 3.00. The number of hydrogen-bond donors (Lipinski definition) is 1. The van der Waals surface area contributed by atoms with E-state index >= 15 is 0 Å². The fourth-order valence-corrected chi connectivity index (χ4v) is 2.55. The van der Waals surface area contributed by atoms with E-state index in [4.69, 9.17) is 14.2 Å². The summed E-state index contributed by atoms with van der Waals surface area (Å²) in [7, 11) is 8.72. The zero-order chi connectivity index (χ0) is 18.3. The van der Waals surface area contributed by atoms with Crippen LogP contribution in [0.15, 0.2) is 12.1 Å². The lowest BCUT2D eigenvalue weighted by molar-refractivity contribution is -0.122. The third-order valence-electron chi connectivity index (χ3n) is 3.78. The summed E-state index contributed by atoms with van der Waals surface area (Å²) in [4.78, 5) is 14.0. The van der Waals surface area contributed by atoms with Gasteiger partial charge in [0, 0.05) is 13.0 Å². The van der Waals surface area contributed by atoms with Gasteiger partial charge in [-0.25, -0.2) is 0 Å². The van der Waals surface area contributed by atoms with Crippen molar-refractivity contribution >= 4 is 5.91 Å². The summed E-state index contributed by atoms with van der Waals surface area (Å²) in [5.74, 6) is 2.16. The summed E-state index contributed by atoms with van der Waals surface area (Å²) in [5.41, 5.74) is 0.986. The molecule has 1 unspecified atom stereocenters. The van der Waals surface area contributed by atoms with Crippen LogP contribution in [0.4, 0.5) is 0 Å². The molecule has 0 spiro atoms. The Morgan fingerprint density at radius 3 is 2.00 bits per heavy atom. The van der Waals surface area contributed by atoms with Gasteiger partial charge in [0.15, 0.2) is 11.5 Å². The predicted octanol–water partition coefficient (Wildman–Crippen LogP) is 2.48. The van der Waals surface area contributed by atoms with Crippen LogP contribution >= 0.6 is 0 Å². The molecule has 0 aromatic heterocycles. The van der Waals surface area contributed by atoms with Crippen molar-refractivity contribution in [3.63, 3.8) is 0 Å². The van der Waals surface area contributed by atoms with Gasteiger partial charge < -0.3 is 24.4 Å². The zero-order valence-corrected chi connectivity index (χ0v) is 15.8. The van der Waals surface area contributed by atoms with Crippen LogP contribution in [-0.2, 0) is 4.79 Å². The number of methoxy groups -OCH3 is 3. The van der Waals surface area contributed by atoms with Crippen molar-refractivity contribution in [2.24, 2.45) is 5.92 Å². The van der Waals surface area contributed by atoms with Crippen LogP contribution in [0, 0.1) is 5.92 Å². The second kappa shape index (κ2) is 9.37. The van der Waals surface area contributed by atoms with E-state index < -0.39 is 0 Å². The van der Waals surface area contributed by atoms with Gasteiger partial charge in [-0.05, 0) is 37.7 Å². The Balaban J connectivity index is 3.05. The minimum atomic E-state index is -0.00480. The third-order valence-corrected chi connectivity index (χ3v) is 3.78. The van der Waals surface area contributed by atoms with Crippen LogP contribution in [0.3, 0.4) is 0 Å². The average Bonchev–Trinajstić information content (AvgIpc) is 2.52. The fourth-order valence-electron chi connectivity index (χ4n) is 2.55. The van der Waals surface area contributed by atoms with Crippen LogP contribution < -0.4 is 19.5 Å². The van der Waals surface area contributed by atoms with Crippen LogP contribution in [0.2, 0.25) is 0 Å². The number of benzene rings is 1. The van der Waals surface area contributed by atoms with Gasteiger partial charge in [-0.15, -0.1) is 0 Å². The molecule has 0 fully saturated rings. The van der Waals surface area contributed by atoms with Gasteiger partial charge in [0.25, 0.3) is 0 Å². The van der Waals surface area contributed by atoms with Crippen LogP contribution in [0.25, 0.3) is 0 Å². The number of hydrogen-bond acceptors (Lipinski definition) is 5. The molecule has 0 saturated heterocycles. The van der Waals surface area contributed by atoms with Crippen molar-refractivity contribution in [2.75, 3.05) is 42.0 Å². The Labute approximate surface area is 145 Å². The van der Waals surface area contributed by atoms with Crippen molar-refractivity contribution < 1.29 is 19.0 Å². The number of nitrogens with one attached hydrogen (secondary N) is 1. The van der Waals surface area contributed by atoms with Gasteiger partial charge in [-0.3, -0.25) is 4.79 Å². The van der Waals surface area contributed by atoms with E-state index in [9.17, 15) is 4.79 Å². The molecule has 1 atom stereocenters. The molecule has 0 bridgehead atoms. The normalized spacial score (nSPS) is 12.2. The van der Waals surface area contributed by atoms with E-state index in [1.807, 2.05) is 40.1 Å². The second-order valence-electron chi connectivity index (χ2n) is 6.34. The van der Waals surface area contributed by atoms with Crippen molar-refractivity contribution in [1.29, 1.82) is 0 Å². The predicted molar refractivity (Wildman–Crippen MR) is 95.0 cm³/mol. The van der Waals surface area contributed by atoms with Gasteiger partial charge in [-0.2, -0.15) is 0 Å². The van der Waals surface area contributed by atoms with Crippen LogP contribution in [0.5, 0.6) is 17.2 Å². The Morgan fingerprint density at radius 1 is 1.08 bits per heavy atom. The first kappa shape index (κ1) is 20.1. The molecule has 6 nitrogen and oxygen atoms in total. The molecule has 0 heterocycles. The molecule has 1 amide bonds. The lowest BCUT2D eigenvalue weighted by Crippen LogP contribution is -2.35. The fraction of sp³-hybridized carbons (Fsp3) is 0.611. The molecule has 1 aromatic rings. The van der Waals surface area contributed by atoms with Crippen molar-refractivity contribution in [3.8, 4) is 17.2 Å². The minimum absolute atomic E-state index is 0.00480. The molecule has 24 heavy (non-hydrogen) atoms. The van der Waals surface area contributed by atoms with E-state index in [0.717, 1.165) is 5.56 Å². The zero-order valence-electron chi connectivity index (χ0n) is 15.8. The molecule has 1 N–H and O–H groups in total. The van der Waals surface area contributed by atoms with Gasteiger partial charge in [-0.1, -0.05) is 13.8 Å². The summed E-state index contributed by atoms with van der Waals surface area (Å²) in [6, 6.07) is 3.83. The summed E-state index contributed by atoms with van der Waals surface area (Å²) in [6.45, 7) is 4.57. The van der Waals surface area contributed by atoms with Crippen molar-refractivity contribution in [2.45, 2.75) is 26.3 Å². The number of rotatable bonds is 9. The Kier molecular flexibility index (Phi) is 7.85. The highest BCUT2D eigenvalue weighted by Gasteiger charge is 2.21. The number of ether oxygens (including phenoxy) is 3. The Bertz CT molecular complexity index is 519. The van der Waals surface area contributed by atoms with Crippen molar-refractivity contribution in [3.05, 3.63) is 17.7 Å². The molecule has 0 radical (unpaired) electrons. The Hall–Kier alpha value is -1.95. The molecule has 1 rings (SSSR count). The highest BCUT2D eigenvalue weighted by molar-refractivity contribution is 5.76. The summed E-state index contributed by atoms with van der Waals surface area (Å²) in [6.07, 6.45) is 0.523. The lowest BCUT2D eigenvalue weighted by Gasteiger charge is -2.26. The number of carbonyl (C=O) groups is 1. The standard InChI is InChI=1S/C18H30N2O4/c1-12(2)8-17(21)19-11-14(20(3)4)13-9-15(22-5)18(24-7)16(10-13)23-6/h9-10,12,14H,8,11H2,1-7H3,(H,19,21). The molecular weight excluding hydrogens is 308 g/mol. The highest BCUT2D eigenvalue weighted by atomic mass is 16.5. The largest absolute Gasteiger partial charge is 0.493 e. The first-order valence-electron chi connectivity index (χ1n) is 8.07. The molecule has 0 aliphatic heterocycles. The second-order valence-corrected chi connectivity index (χ2v) is 6.34. The maximum absolute atomic E-state index is 12.0. The quantitative estimate of drug-likeness (QED) is 0.749. The van der Waals surface area contributed by atoms with Gasteiger partial charge >= 0.3 is 0 Å². The smallest absolute Gasteiger partial charge is 0.220 e. The SMILES string of the molecule is COc1cc(C(CNC(=O)CC(C)C)N(C)C)cc(OC)c1OC. The number of carbonyl (C=O) groups excluding carboxylic acids is 1. The van der Waals surface area contributed by atoms with Gasteiger partial charge in [0.1, 0.15) is 0 Å². The highest BCUT2D eigenvalue weighted by Crippen LogP contribution is 2.40.